The number of amides is 2. The second-order valence-corrected chi connectivity index (χ2v) is 17.4. The van der Waals surface area contributed by atoms with Crippen LogP contribution in [0.3, 0.4) is 0 Å². The van der Waals surface area contributed by atoms with Gasteiger partial charge in [0.05, 0.1) is 25.3 Å². The molecule has 2 aromatic carbocycles. The predicted molar refractivity (Wildman–Crippen MR) is 247 cm³/mol. The number of nitrogens with zero attached hydrogens (tertiary/aromatic N) is 2. The number of hydrogen-bond donors (Lipinski definition) is 3. The van der Waals surface area contributed by atoms with E-state index in [0.29, 0.717) is 48.8 Å². The molecule has 1 fully saturated rings. The van der Waals surface area contributed by atoms with Gasteiger partial charge in [-0.25, -0.2) is 14.0 Å². The van der Waals surface area contributed by atoms with Crippen LogP contribution < -0.4 is 14.8 Å². The Hall–Kier alpha value is -4.46. The second-order valence-electron chi connectivity index (χ2n) is 17.4. The molecule has 354 valence electrons. The van der Waals surface area contributed by atoms with Crippen molar-refractivity contribution in [3.63, 3.8) is 0 Å². The van der Waals surface area contributed by atoms with E-state index in [2.05, 4.69) is 24.9 Å². The summed E-state index contributed by atoms with van der Waals surface area (Å²) in [6.45, 7) is 9.19. The summed E-state index contributed by atoms with van der Waals surface area (Å²) in [5.41, 5.74) is 3.02. The van der Waals surface area contributed by atoms with E-state index in [1.54, 1.807) is 29.2 Å². The first-order valence-corrected chi connectivity index (χ1v) is 24.0. The van der Waals surface area contributed by atoms with Crippen LogP contribution in [0.2, 0.25) is 0 Å². The largest absolute Gasteiger partial charge is 0.459 e. The summed E-state index contributed by atoms with van der Waals surface area (Å²) in [5, 5.41) is 27.4. The van der Waals surface area contributed by atoms with Crippen LogP contribution in [0.4, 0.5) is 14.0 Å². The number of oxime groups is 1. The summed E-state index contributed by atoms with van der Waals surface area (Å²) < 4.78 is 39.8. The first kappa shape index (κ1) is 50.5. The molecule has 3 N–H and O–H groups in total. The van der Waals surface area contributed by atoms with Crippen molar-refractivity contribution in [2.75, 3.05) is 40.1 Å². The Morgan fingerprint density at radius 2 is 1.62 bits per heavy atom. The van der Waals surface area contributed by atoms with Crippen LogP contribution in [0, 0.1) is 23.6 Å². The Kier molecular flexibility index (Phi) is 20.9. The van der Waals surface area contributed by atoms with E-state index in [1.807, 2.05) is 19.1 Å². The van der Waals surface area contributed by atoms with Crippen LogP contribution in [-0.2, 0) is 20.9 Å². The lowest BCUT2D eigenvalue weighted by Crippen LogP contribution is -2.70. The number of rotatable bonds is 28. The van der Waals surface area contributed by atoms with Gasteiger partial charge in [0.1, 0.15) is 30.0 Å². The highest BCUT2D eigenvalue weighted by molar-refractivity contribution is 6.03. The third kappa shape index (κ3) is 13.3. The van der Waals surface area contributed by atoms with Gasteiger partial charge in [-0.3, -0.25) is 4.90 Å². The highest BCUT2D eigenvalue weighted by Crippen LogP contribution is 2.62. The molecule has 0 spiro atoms. The molecular weight excluding hydrogens is 818 g/mol. The van der Waals surface area contributed by atoms with E-state index < -0.39 is 35.8 Å². The summed E-state index contributed by atoms with van der Waals surface area (Å²) in [4.78, 5) is 34.7. The van der Waals surface area contributed by atoms with Gasteiger partial charge < -0.3 is 39.3 Å². The molecule has 2 amide bonds. The highest BCUT2D eigenvalue weighted by atomic mass is 19.1. The van der Waals surface area contributed by atoms with Gasteiger partial charge in [0.25, 0.3) is 0 Å². The van der Waals surface area contributed by atoms with Crippen LogP contribution >= 0.6 is 0 Å². The zero-order chi connectivity index (χ0) is 45.7. The molecule has 1 heterocycles. The SMILES string of the molecule is C=CCOC12Oc3ccc(OC(=O)NCCCCCCCCCCCC)cc3C3C(CCCCO)C(CCCCO)C=C(C(=NOCC)CC1N(Cc1ccc(F)cc1)C(=O)OC)C32. The number of carbonyl (C=O) groups excluding carboxylic acids is 2. The van der Waals surface area contributed by atoms with Crippen LogP contribution in [-0.4, -0.2) is 84.9 Å². The molecule has 0 bridgehead atoms. The molecule has 1 saturated carbocycles. The number of fused-ring (bicyclic) bond motifs is 2. The monoisotopic (exact) mass is 892 g/mol. The van der Waals surface area contributed by atoms with Crippen molar-refractivity contribution in [2.45, 2.75) is 147 Å². The number of carbonyl (C=O) groups is 2. The van der Waals surface area contributed by atoms with Crippen molar-refractivity contribution < 1.29 is 48.0 Å². The molecular formula is C51H74FN3O9. The number of aliphatic hydroxyl groups excluding tert-OH is 2. The predicted octanol–water partition coefficient (Wildman–Crippen LogP) is 10.8. The number of methoxy groups -OCH3 is 1. The lowest BCUT2D eigenvalue weighted by atomic mass is 9.55. The normalized spacial score (nSPS) is 22.7. The van der Waals surface area contributed by atoms with E-state index in [-0.39, 0.29) is 50.5 Å². The average Bonchev–Trinajstić information content (AvgIpc) is 3.30. The Balaban J connectivity index is 1.55. The minimum atomic E-state index is -1.52. The fraction of sp³-hybridized carbons (Fsp3) is 0.627. The van der Waals surface area contributed by atoms with E-state index in [9.17, 15) is 24.2 Å². The van der Waals surface area contributed by atoms with E-state index in [0.717, 1.165) is 56.1 Å². The lowest BCUT2D eigenvalue weighted by molar-refractivity contribution is -0.256. The standard InChI is InChI=1S/C51H74FN3O9/c1-5-8-9-10-11-12-13-14-15-18-29-53-49(58)63-40-27-28-45-43(34-40)47-41(22-17-20-31-57)38(21-16-19-30-56)33-42-44(54-62-7-3)35-46(51(64-45,48(42)47)61-32-6-2)55(50(59)60-4)36-37-23-25-39(52)26-24-37/h6,23-28,33-34,38,41,46-48,56-57H,2,5,7-22,29-32,35-36H2,1,3-4H3,(H,53,58). The summed E-state index contributed by atoms with van der Waals surface area (Å²) in [5.74, 6) is -1.90. The minimum absolute atomic E-state index is 0.0236. The minimum Gasteiger partial charge on any atom is -0.459 e. The van der Waals surface area contributed by atoms with Gasteiger partial charge in [0, 0.05) is 44.2 Å². The fourth-order valence-corrected chi connectivity index (χ4v) is 10.0. The number of ether oxygens (including phenoxy) is 4. The Bertz CT molecular complexity index is 1820. The van der Waals surface area contributed by atoms with Crippen LogP contribution in [0.5, 0.6) is 11.5 Å². The van der Waals surface area contributed by atoms with Crippen LogP contribution in [0.1, 0.15) is 140 Å². The molecule has 1 aliphatic heterocycles. The third-order valence-corrected chi connectivity index (χ3v) is 13.0. The van der Waals surface area contributed by atoms with Crippen molar-refractivity contribution >= 4 is 17.9 Å². The van der Waals surface area contributed by atoms with Gasteiger partial charge in [0.2, 0.25) is 5.79 Å². The van der Waals surface area contributed by atoms with Crippen LogP contribution in [0.15, 0.2) is 71.9 Å². The maximum Gasteiger partial charge on any atom is 0.412 e. The van der Waals surface area contributed by atoms with E-state index >= 15 is 0 Å². The number of aliphatic hydroxyl groups is 2. The molecule has 6 unspecified atom stereocenters. The molecule has 64 heavy (non-hydrogen) atoms. The van der Waals surface area contributed by atoms with Crippen LogP contribution in [0.25, 0.3) is 0 Å². The summed E-state index contributed by atoms with van der Waals surface area (Å²) in [6.07, 6.45) is 19.3. The van der Waals surface area contributed by atoms with Gasteiger partial charge in [0.15, 0.2) is 0 Å². The molecule has 0 aromatic heterocycles. The molecule has 12 nitrogen and oxygen atoms in total. The van der Waals surface area contributed by atoms with Gasteiger partial charge in [-0.15, -0.1) is 6.58 Å². The quantitative estimate of drug-likeness (QED) is 0.0431. The molecule has 2 aromatic rings. The number of allylic oxidation sites excluding steroid dienone is 1. The molecule has 5 rings (SSSR count). The topological polar surface area (TPSA) is 148 Å². The molecule has 2 aliphatic carbocycles. The van der Waals surface area contributed by atoms with E-state index in [4.69, 9.17) is 28.9 Å². The highest BCUT2D eigenvalue weighted by Gasteiger charge is 2.65. The smallest absolute Gasteiger partial charge is 0.412 e. The van der Waals surface area contributed by atoms with Crippen molar-refractivity contribution in [2.24, 2.45) is 22.9 Å². The number of halogens is 1. The molecule has 6 atom stereocenters. The van der Waals surface area contributed by atoms with Crippen molar-refractivity contribution in [3.05, 3.63) is 83.7 Å². The summed E-state index contributed by atoms with van der Waals surface area (Å²) in [7, 11) is 1.32. The Morgan fingerprint density at radius 3 is 2.28 bits per heavy atom. The zero-order valence-electron chi connectivity index (χ0n) is 38.6. The first-order chi connectivity index (χ1) is 31.2. The summed E-state index contributed by atoms with van der Waals surface area (Å²) >= 11 is 0. The number of hydrogen-bond acceptors (Lipinski definition) is 10. The Morgan fingerprint density at radius 1 is 0.938 bits per heavy atom. The fourth-order valence-electron chi connectivity index (χ4n) is 10.0. The number of nitrogens with one attached hydrogen (secondary N) is 1. The second kappa shape index (κ2) is 26.5. The summed E-state index contributed by atoms with van der Waals surface area (Å²) in [6, 6.07) is 10.6. The maximum atomic E-state index is 14.1. The molecule has 0 saturated heterocycles. The van der Waals surface area contributed by atoms with Gasteiger partial charge in [-0.05, 0) is 92.3 Å². The lowest BCUT2D eigenvalue weighted by Gasteiger charge is -2.59. The molecule has 0 radical (unpaired) electrons. The van der Waals surface area contributed by atoms with Crippen molar-refractivity contribution in [3.8, 4) is 11.5 Å². The maximum absolute atomic E-state index is 14.1. The van der Waals surface area contributed by atoms with Crippen molar-refractivity contribution in [1.82, 2.24) is 10.2 Å². The Labute approximate surface area is 380 Å². The van der Waals surface area contributed by atoms with Gasteiger partial charge in [-0.2, -0.15) is 0 Å². The number of unbranched alkanes of at least 4 members (excludes halogenated alkanes) is 11. The molecule has 3 aliphatic rings. The van der Waals surface area contributed by atoms with E-state index in [1.165, 1.54) is 64.2 Å². The van der Waals surface area contributed by atoms with Crippen molar-refractivity contribution in [1.29, 1.82) is 0 Å². The van der Waals surface area contributed by atoms with Gasteiger partial charge in [-0.1, -0.05) is 107 Å². The first-order valence-electron chi connectivity index (χ1n) is 24.0. The third-order valence-electron chi connectivity index (χ3n) is 13.0. The zero-order valence-corrected chi connectivity index (χ0v) is 38.6. The van der Waals surface area contributed by atoms with Gasteiger partial charge >= 0.3 is 12.2 Å². The number of benzene rings is 2. The average molecular weight is 892 g/mol. The molecule has 13 heteroatoms.